The van der Waals surface area contributed by atoms with Crippen molar-refractivity contribution in [2.45, 2.75) is 30.4 Å². The van der Waals surface area contributed by atoms with Crippen LogP contribution in [0.1, 0.15) is 12.5 Å². The number of carbonyl (C=O) groups excluding carboxylic acids is 1. The summed E-state index contributed by atoms with van der Waals surface area (Å²) < 4.78 is 20.7. The lowest BCUT2D eigenvalue weighted by Gasteiger charge is -2.21. The van der Waals surface area contributed by atoms with Gasteiger partial charge in [-0.3, -0.25) is 4.79 Å². The van der Waals surface area contributed by atoms with Crippen molar-refractivity contribution in [2.24, 2.45) is 0 Å². The van der Waals surface area contributed by atoms with Crippen LogP contribution in [0.5, 0.6) is 0 Å². The first-order chi connectivity index (χ1) is 13.5. The molecular formula is C21H24FN3O2S. The molecule has 148 valence electrons. The number of benzene rings is 2. The second-order valence-corrected chi connectivity index (χ2v) is 7.92. The normalized spacial score (nSPS) is 12.3. The Hall–Kier alpha value is -2.38. The number of nitrogens with zero attached hydrogens (tertiary/aromatic N) is 3. The number of aromatic nitrogens is 2. The fourth-order valence-corrected chi connectivity index (χ4v) is 4.11. The van der Waals surface area contributed by atoms with Gasteiger partial charge in [-0.15, -0.1) is 0 Å². The molecule has 0 aliphatic carbocycles. The average Bonchev–Trinajstić information content (AvgIpc) is 3.02. The van der Waals surface area contributed by atoms with E-state index in [-0.39, 0.29) is 17.0 Å². The molecule has 7 heteroatoms. The zero-order valence-corrected chi connectivity index (χ0v) is 17.1. The summed E-state index contributed by atoms with van der Waals surface area (Å²) in [7, 11) is 3.40. The van der Waals surface area contributed by atoms with Crippen LogP contribution >= 0.6 is 11.8 Å². The summed E-state index contributed by atoms with van der Waals surface area (Å²) in [5.41, 5.74) is 2.68. The van der Waals surface area contributed by atoms with Gasteiger partial charge in [0.15, 0.2) is 5.16 Å². The van der Waals surface area contributed by atoms with Gasteiger partial charge in [0.05, 0.1) is 22.9 Å². The fraction of sp³-hybridized carbons (Fsp3) is 0.333. The predicted molar refractivity (Wildman–Crippen MR) is 110 cm³/mol. The number of carbonyl (C=O) groups is 1. The molecule has 1 unspecified atom stereocenters. The Morgan fingerprint density at radius 1 is 1.29 bits per heavy atom. The van der Waals surface area contributed by atoms with Crippen molar-refractivity contribution in [1.82, 2.24) is 14.5 Å². The van der Waals surface area contributed by atoms with E-state index in [0.717, 1.165) is 21.8 Å². The Bertz CT molecular complexity index is 960. The summed E-state index contributed by atoms with van der Waals surface area (Å²) in [6.45, 7) is 3.46. The third-order valence-electron chi connectivity index (χ3n) is 4.45. The second-order valence-electron chi connectivity index (χ2n) is 6.61. The first kappa shape index (κ1) is 20.4. The molecular weight excluding hydrogens is 377 g/mol. The smallest absolute Gasteiger partial charge is 0.235 e. The molecule has 0 radical (unpaired) electrons. The summed E-state index contributed by atoms with van der Waals surface area (Å²) in [4.78, 5) is 19.1. The van der Waals surface area contributed by atoms with Crippen LogP contribution in [-0.4, -0.2) is 46.4 Å². The monoisotopic (exact) mass is 401 g/mol. The largest absolute Gasteiger partial charge is 0.383 e. The molecule has 3 aromatic rings. The number of ether oxygens (including phenoxy) is 1. The third-order valence-corrected chi connectivity index (χ3v) is 5.53. The SMILES string of the molecule is COCCn1c(SC(C)C(=O)N(C)Cc2cccc(F)c2)nc2ccccc21. The molecule has 1 atom stereocenters. The highest BCUT2D eigenvalue weighted by Crippen LogP contribution is 2.28. The maximum Gasteiger partial charge on any atom is 0.235 e. The standard InChI is InChI=1S/C21H24FN3O2S/c1-15(20(26)24(2)14-16-7-6-8-17(22)13-16)28-21-23-18-9-4-5-10-19(18)25(21)11-12-27-3/h4-10,13,15H,11-12,14H2,1-3H3. The van der Waals surface area contributed by atoms with Crippen LogP contribution in [0, 0.1) is 5.82 Å². The van der Waals surface area contributed by atoms with E-state index in [1.807, 2.05) is 37.3 Å². The van der Waals surface area contributed by atoms with Gasteiger partial charge >= 0.3 is 0 Å². The summed E-state index contributed by atoms with van der Waals surface area (Å²) in [5.74, 6) is -0.327. The molecule has 1 heterocycles. The lowest BCUT2D eigenvalue weighted by molar-refractivity contribution is -0.129. The first-order valence-corrected chi connectivity index (χ1v) is 9.98. The van der Waals surface area contributed by atoms with Crippen molar-refractivity contribution in [2.75, 3.05) is 20.8 Å². The maximum absolute atomic E-state index is 13.4. The number of imidazole rings is 1. The molecule has 0 spiro atoms. The number of rotatable bonds is 8. The highest BCUT2D eigenvalue weighted by Gasteiger charge is 2.22. The van der Waals surface area contributed by atoms with E-state index in [1.165, 1.54) is 23.9 Å². The predicted octanol–water partition coefficient (Wildman–Crippen LogP) is 3.96. The molecule has 1 amide bonds. The van der Waals surface area contributed by atoms with Gasteiger partial charge in [0.2, 0.25) is 5.91 Å². The van der Waals surface area contributed by atoms with E-state index in [4.69, 9.17) is 9.72 Å². The lowest BCUT2D eigenvalue weighted by Crippen LogP contribution is -2.33. The van der Waals surface area contributed by atoms with E-state index >= 15 is 0 Å². The van der Waals surface area contributed by atoms with E-state index < -0.39 is 0 Å². The number of para-hydroxylation sites is 2. The Morgan fingerprint density at radius 2 is 2.07 bits per heavy atom. The number of halogens is 1. The number of hydrogen-bond donors (Lipinski definition) is 0. The molecule has 0 N–H and O–H groups in total. The van der Waals surface area contributed by atoms with Crippen molar-refractivity contribution in [3.8, 4) is 0 Å². The molecule has 0 aliphatic heterocycles. The van der Waals surface area contributed by atoms with Gasteiger partial charge in [0.25, 0.3) is 0 Å². The molecule has 1 aromatic heterocycles. The van der Waals surface area contributed by atoms with Crippen LogP contribution < -0.4 is 0 Å². The Kier molecular flexibility index (Phi) is 6.70. The van der Waals surface area contributed by atoms with Crippen molar-refractivity contribution in [3.05, 3.63) is 59.9 Å². The third kappa shape index (κ3) is 4.72. The highest BCUT2D eigenvalue weighted by molar-refractivity contribution is 8.00. The first-order valence-electron chi connectivity index (χ1n) is 9.10. The molecule has 0 saturated carbocycles. The zero-order valence-electron chi connectivity index (χ0n) is 16.3. The average molecular weight is 402 g/mol. The van der Waals surface area contributed by atoms with E-state index in [2.05, 4.69) is 4.57 Å². The summed E-state index contributed by atoms with van der Waals surface area (Å²) in [5, 5.41) is 0.468. The minimum Gasteiger partial charge on any atom is -0.383 e. The fourth-order valence-electron chi connectivity index (χ4n) is 3.05. The minimum atomic E-state index is -0.323. The van der Waals surface area contributed by atoms with Crippen LogP contribution in [0.4, 0.5) is 4.39 Å². The van der Waals surface area contributed by atoms with Gasteiger partial charge in [-0.25, -0.2) is 9.37 Å². The number of fused-ring (bicyclic) bond motifs is 1. The van der Waals surface area contributed by atoms with Gasteiger partial charge < -0.3 is 14.2 Å². The lowest BCUT2D eigenvalue weighted by atomic mass is 10.2. The summed E-state index contributed by atoms with van der Waals surface area (Å²) in [6, 6.07) is 14.2. The molecule has 2 aromatic carbocycles. The van der Waals surface area contributed by atoms with Gasteiger partial charge in [-0.1, -0.05) is 36.0 Å². The highest BCUT2D eigenvalue weighted by atomic mass is 32.2. The molecule has 28 heavy (non-hydrogen) atoms. The maximum atomic E-state index is 13.4. The molecule has 3 rings (SSSR count). The zero-order chi connectivity index (χ0) is 20.1. The molecule has 5 nitrogen and oxygen atoms in total. The van der Waals surface area contributed by atoms with Crippen LogP contribution in [0.25, 0.3) is 11.0 Å². The van der Waals surface area contributed by atoms with Crippen LogP contribution in [0.15, 0.2) is 53.7 Å². The van der Waals surface area contributed by atoms with Gasteiger partial charge in [0.1, 0.15) is 5.82 Å². The number of amides is 1. The van der Waals surface area contributed by atoms with E-state index in [1.54, 1.807) is 25.1 Å². The second kappa shape index (κ2) is 9.21. The van der Waals surface area contributed by atoms with Crippen LogP contribution in [0.3, 0.4) is 0 Å². The Labute approximate surface area is 168 Å². The van der Waals surface area contributed by atoms with E-state index in [9.17, 15) is 9.18 Å². The molecule has 0 bridgehead atoms. The molecule has 0 fully saturated rings. The number of methoxy groups -OCH3 is 1. The van der Waals surface area contributed by atoms with Crippen molar-refractivity contribution >= 4 is 28.7 Å². The quantitative estimate of drug-likeness (QED) is 0.536. The number of thioether (sulfide) groups is 1. The van der Waals surface area contributed by atoms with Crippen molar-refractivity contribution in [3.63, 3.8) is 0 Å². The van der Waals surface area contributed by atoms with Gasteiger partial charge in [0, 0.05) is 27.2 Å². The van der Waals surface area contributed by atoms with Crippen LogP contribution in [0.2, 0.25) is 0 Å². The van der Waals surface area contributed by atoms with E-state index in [0.29, 0.717) is 19.7 Å². The van der Waals surface area contributed by atoms with Crippen LogP contribution in [-0.2, 0) is 22.6 Å². The summed E-state index contributed by atoms with van der Waals surface area (Å²) >= 11 is 1.43. The Morgan fingerprint density at radius 3 is 2.82 bits per heavy atom. The van der Waals surface area contributed by atoms with Gasteiger partial charge in [-0.2, -0.15) is 0 Å². The van der Waals surface area contributed by atoms with Crippen molar-refractivity contribution < 1.29 is 13.9 Å². The molecule has 0 saturated heterocycles. The summed E-state index contributed by atoms with van der Waals surface area (Å²) in [6.07, 6.45) is 0. The van der Waals surface area contributed by atoms with Gasteiger partial charge in [-0.05, 0) is 36.8 Å². The minimum absolute atomic E-state index is 0.0281. The topological polar surface area (TPSA) is 47.4 Å². The number of hydrogen-bond acceptors (Lipinski definition) is 4. The molecule has 0 aliphatic rings. The Balaban J connectivity index is 1.74. The van der Waals surface area contributed by atoms with Crippen molar-refractivity contribution in [1.29, 1.82) is 0 Å².